The van der Waals surface area contributed by atoms with Gasteiger partial charge in [0.25, 0.3) is 0 Å². The lowest BCUT2D eigenvalue weighted by atomic mass is 10.1. The van der Waals surface area contributed by atoms with Crippen LogP contribution in [0.2, 0.25) is 123 Å². The SMILES string of the molecule is COc1ccc(-c2nc(-c3ccc(OCCC[Si](O[Si](C)C)(O[Si](C)(C)C)O[Si](C)(C)C)cc3O)nc(-c3ccc(OCCC[Si](O[Si](C)(C)C)(O[Si](C)(C)C)O[Si](C)(C)C)cc3O)n2)cc1. The molecule has 0 aliphatic rings. The number of methoxy groups -OCH3 is 1. The molecule has 67 heavy (non-hydrogen) atoms. The van der Waals surface area contributed by atoms with Crippen LogP contribution in [0.3, 0.4) is 0 Å². The largest absolute Gasteiger partial charge is 0.507 e. The average molecular weight is 1060 g/mol. The maximum absolute atomic E-state index is 11.5. The molecule has 0 aliphatic carbocycles. The zero-order chi connectivity index (χ0) is 50.2. The highest BCUT2D eigenvalue weighted by Gasteiger charge is 2.50. The summed E-state index contributed by atoms with van der Waals surface area (Å²) in [5.74, 6) is 2.28. The monoisotopic (exact) mass is 1060 g/mol. The molecular formula is C45H78N3O11Si8. The van der Waals surface area contributed by atoms with Gasteiger partial charge in [-0.25, -0.2) is 15.0 Å². The van der Waals surface area contributed by atoms with Gasteiger partial charge in [0.05, 0.1) is 31.5 Å². The minimum absolute atomic E-state index is 0.0727. The Labute approximate surface area is 410 Å². The van der Waals surface area contributed by atoms with Gasteiger partial charge in [0, 0.05) is 29.8 Å². The molecule has 0 aliphatic heterocycles. The Hall–Kier alpha value is -2.83. The van der Waals surface area contributed by atoms with E-state index in [-0.39, 0.29) is 23.1 Å². The molecule has 0 atom stereocenters. The number of benzene rings is 3. The van der Waals surface area contributed by atoms with Crippen molar-refractivity contribution in [1.82, 2.24) is 15.0 Å². The zero-order valence-corrected chi connectivity index (χ0v) is 51.4. The smallest absolute Gasteiger partial charge is 0.469 e. The first-order chi connectivity index (χ1) is 30.8. The molecule has 3 aromatic carbocycles. The van der Waals surface area contributed by atoms with Crippen LogP contribution in [-0.2, 0) is 24.7 Å². The van der Waals surface area contributed by atoms with Crippen molar-refractivity contribution in [2.45, 2.75) is 136 Å². The van der Waals surface area contributed by atoms with E-state index in [0.717, 1.165) is 0 Å². The lowest BCUT2D eigenvalue weighted by molar-refractivity contribution is 0.240. The Morgan fingerprint density at radius 1 is 0.463 bits per heavy atom. The number of nitrogens with zero attached hydrogens (tertiary/aromatic N) is 3. The Balaban J connectivity index is 1.59. The molecule has 0 amide bonds. The fourth-order valence-electron chi connectivity index (χ4n) is 7.10. The van der Waals surface area contributed by atoms with Crippen molar-refractivity contribution >= 4 is 68.2 Å². The normalized spacial score (nSPS) is 13.3. The van der Waals surface area contributed by atoms with E-state index in [1.165, 1.54) is 0 Å². The van der Waals surface area contributed by atoms with Crippen molar-refractivity contribution in [2.75, 3.05) is 20.3 Å². The number of ether oxygens (including phenoxy) is 3. The predicted octanol–water partition coefficient (Wildman–Crippen LogP) is 12.2. The highest BCUT2D eigenvalue weighted by atomic mass is 28.5. The van der Waals surface area contributed by atoms with Crippen molar-refractivity contribution in [2.24, 2.45) is 0 Å². The standard InChI is InChI=1S/C45H78N3O11Si8/c1-51-36-23-21-35(22-24-36)43-46-44(39-27-25-37(33-41(39)49)52-29-19-31-66(54-60(2)3,55-61(4,5)6)56-62(7,8)9)48-45(47-43)40-28-26-38(34-42(40)50)53-30-20-32-67(57-63(10,11)12,58-64(13,14)15)59-65(16,17)18/h21-28,33-34,49-50H,19-20,29-32H2,1-18H3. The number of hydrogen-bond acceptors (Lipinski definition) is 14. The van der Waals surface area contributed by atoms with Crippen LogP contribution in [0.5, 0.6) is 28.7 Å². The summed E-state index contributed by atoms with van der Waals surface area (Å²) in [4.78, 5) is 14.4. The molecule has 0 bridgehead atoms. The molecule has 4 aromatic rings. The summed E-state index contributed by atoms with van der Waals surface area (Å²) >= 11 is 0. The molecule has 0 saturated carbocycles. The molecule has 4 rings (SSSR count). The number of aromatic hydroxyl groups is 2. The van der Waals surface area contributed by atoms with Gasteiger partial charge in [-0.05, 0) is 173 Å². The van der Waals surface area contributed by atoms with Crippen LogP contribution in [0.4, 0.5) is 0 Å². The summed E-state index contributed by atoms with van der Waals surface area (Å²) in [6, 6.07) is 18.8. The van der Waals surface area contributed by atoms with E-state index in [2.05, 4.69) is 111 Å². The quantitative estimate of drug-likeness (QED) is 0.0451. The van der Waals surface area contributed by atoms with Gasteiger partial charge in [-0.3, -0.25) is 0 Å². The fourth-order valence-corrected chi connectivity index (χ4v) is 35.1. The Kier molecular flexibility index (Phi) is 19.4. The van der Waals surface area contributed by atoms with Crippen LogP contribution >= 0.6 is 0 Å². The van der Waals surface area contributed by atoms with Gasteiger partial charge in [0.2, 0.25) is 0 Å². The van der Waals surface area contributed by atoms with Crippen LogP contribution in [0.1, 0.15) is 12.8 Å². The van der Waals surface area contributed by atoms with Gasteiger partial charge >= 0.3 is 17.6 Å². The van der Waals surface area contributed by atoms with Crippen LogP contribution in [0.15, 0.2) is 60.7 Å². The molecule has 371 valence electrons. The number of hydrogen-bond donors (Lipinski definition) is 2. The first-order valence-electron chi connectivity index (χ1n) is 23.1. The lowest BCUT2D eigenvalue weighted by Crippen LogP contribution is -2.60. The van der Waals surface area contributed by atoms with Gasteiger partial charge in [-0.15, -0.1) is 0 Å². The van der Waals surface area contributed by atoms with Gasteiger partial charge < -0.3 is 49.1 Å². The molecule has 1 radical (unpaired) electrons. The number of phenols is 2. The zero-order valence-electron chi connectivity index (χ0n) is 43.4. The number of phenolic OH excluding ortho intramolecular Hbond substituents is 2. The average Bonchev–Trinajstić information content (AvgIpc) is 3.14. The summed E-state index contributed by atoms with van der Waals surface area (Å²) in [5.41, 5.74) is 1.43. The van der Waals surface area contributed by atoms with E-state index < -0.39 is 68.2 Å². The molecule has 0 fully saturated rings. The van der Waals surface area contributed by atoms with E-state index in [0.29, 0.717) is 77.9 Å². The van der Waals surface area contributed by atoms with E-state index in [4.69, 9.17) is 53.9 Å². The van der Waals surface area contributed by atoms with Crippen molar-refractivity contribution in [1.29, 1.82) is 0 Å². The van der Waals surface area contributed by atoms with Crippen LogP contribution in [0, 0.1) is 0 Å². The Morgan fingerprint density at radius 2 is 0.806 bits per heavy atom. The molecule has 0 spiro atoms. The maximum Gasteiger partial charge on any atom is 0.469 e. The molecular weight excluding hydrogens is 983 g/mol. The minimum Gasteiger partial charge on any atom is -0.507 e. The topological polar surface area (TPSA) is 162 Å². The minimum atomic E-state index is -3.02. The second-order valence-corrected chi connectivity index (χ2v) is 53.3. The molecule has 0 saturated heterocycles. The van der Waals surface area contributed by atoms with Gasteiger partial charge in [0.15, 0.2) is 68.1 Å². The van der Waals surface area contributed by atoms with Crippen molar-refractivity contribution in [3.05, 3.63) is 60.7 Å². The van der Waals surface area contributed by atoms with Crippen molar-refractivity contribution < 1.29 is 49.1 Å². The predicted molar refractivity (Wildman–Crippen MR) is 288 cm³/mol. The van der Waals surface area contributed by atoms with E-state index in [1.807, 2.05) is 24.3 Å². The van der Waals surface area contributed by atoms with Crippen molar-refractivity contribution in [3.8, 4) is 62.9 Å². The Bertz CT molecular complexity index is 2170. The van der Waals surface area contributed by atoms with Gasteiger partial charge in [-0.2, -0.15) is 0 Å². The summed E-state index contributed by atoms with van der Waals surface area (Å²) in [5, 5.41) is 23.0. The number of aromatic nitrogens is 3. The van der Waals surface area contributed by atoms with E-state index in [9.17, 15) is 10.2 Å². The first-order valence-corrected chi connectivity index (χ1v) is 46.4. The van der Waals surface area contributed by atoms with Gasteiger partial charge in [0.1, 0.15) is 28.7 Å². The first kappa shape index (κ1) is 56.7. The van der Waals surface area contributed by atoms with Gasteiger partial charge in [-0.1, -0.05) is 0 Å². The van der Waals surface area contributed by atoms with E-state index >= 15 is 0 Å². The number of rotatable bonds is 26. The fraction of sp³-hybridized carbons (Fsp3) is 0.533. The van der Waals surface area contributed by atoms with Crippen molar-refractivity contribution in [3.63, 3.8) is 0 Å². The lowest BCUT2D eigenvalue weighted by Gasteiger charge is -2.42. The summed E-state index contributed by atoms with van der Waals surface area (Å²) in [6.07, 6.45) is 1.31. The molecule has 22 heteroatoms. The van der Waals surface area contributed by atoms with Crippen LogP contribution < -0.4 is 14.2 Å². The second kappa shape index (κ2) is 22.9. The second-order valence-electron chi connectivity index (χ2n) is 21.7. The molecule has 1 aromatic heterocycles. The summed E-state index contributed by atoms with van der Waals surface area (Å²) < 4.78 is 58.4. The Morgan fingerprint density at radius 3 is 1.15 bits per heavy atom. The molecule has 14 nitrogen and oxygen atoms in total. The third-order valence-electron chi connectivity index (χ3n) is 8.86. The summed E-state index contributed by atoms with van der Waals surface area (Å²) in [7, 11) is -15.5. The molecule has 2 N–H and O–H groups in total. The van der Waals surface area contributed by atoms with Crippen LogP contribution in [0.25, 0.3) is 34.2 Å². The third kappa shape index (κ3) is 19.5. The summed E-state index contributed by atoms with van der Waals surface area (Å²) in [6.45, 7) is 37.6. The van der Waals surface area contributed by atoms with E-state index in [1.54, 1.807) is 43.5 Å². The maximum atomic E-state index is 11.5. The molecule has 1 heterocycles. The molecule has 0 unspecified atom stereocenters. The third-order valence-corrected chi connectivity index (χ3v) is 32.1. The highest BCUT2D eigenvalue weighted by Crippen LogP contribution is 2.37. The highest BCUT2D eigenvalue weighted by molar-refractivity contribution is 6.90. The van der Waals surface area contributed by atoms with Crippen LogP contribution in [-0.4, -0.2) is 114 Å².